The molecule has 0 heterocycles. The van der Waals surface area contributed by atoms with Gasteiger partial charge in [0.2, 0.25) is 0 Å². The number of carbonyl (C=O) groups is 1. The summed E-state index contributed by atoms with van der Waals surface area (Å²) in [5.41, 5.74) is 0.919. The standard InChI is InChI=1S/C15H14O3S/c1-18-15(17)9-11-5-2-3-8-14(11)19-13-7-4-6-12(16)10-13/h2-8,10,16H,9H2,1H3. The second kappa shape index (κ2) is 6.29. The Morgan fingerprint density at radius 1 is 1.21 bits per heavy atom. The van der Waals surface area contributed by atoms with Crippen molar-refractivity contribution in [2.45, 2.75) is 16.2 Å². The maximum absolute atomic E-state index is 11.4. The summed E-state index contributed by atoms with van der Waals surface area (Å²) in [6.45, 7) is 0. The molecule has 0 radical (unpaired) electrons. The second-order valence-electron chi connectivity index (χ2n) is 3.96. The summed E-state index contributed by atoms with van der Waals surface area (Å²) >= 11 is 1.51. The molecule has 0 saturated heterocycles. The molecule has 0 aromatic heterocycles. The largest absolute Gasteiger partial charge is 0.508 e. The van der Waals surface area contributed by atoms with E-state index in [2.05, 4.69) is 0 Å². The Bertz CT molecular complexity index is 581. The normalized spacial score (nSPS) is 10.2. The van der Waals surface area contributed by atoms with Gasteiger partial charge in [-0.25, -0.2) is 0 Å². The number of aromatic hydroxyl groups is 1. The Hall–Kier alpha value is -1.94. The summed E-state index contributed by atoms with van der Waals surface area (Å²) in [5, 5.41) is 9.46. The van der Waals surface area contributed by atoms with Gasteiger partial charge >= 0.3 is 5.97 Å². The highest BCUT2D eigenvalue weighted by atomic mass is 32.2. The molecule has 4 heteroatoms. The van der Waals surface area contributed by atoms with Crippen molar-refractivity contribution in [3.05, 3.63) is 54.1 Å². The zero-order chi connectivity index (χ0) is 13.7. The number of rotatable bonds is 4. The lowest BCUT2D eigenvalue weighted by Crippen LogP contribution is -2.05. The number of ether oxygens (including phenoxy) is 1. The highest BCUT2D eigenvalue weighted by Gasteiger charge is 2.09. The van der Waals surface area contributed by atoms with Crippen molar-refractivity contribution in [2.24, 2.45) is 0 Å². The zero-order valence-electron chi connectivity index (χ0n) is 10.5. The number of hydrogen-bond donors (Lipinski definition) is 1. The average molecular weight is 274 g/mol. The van der Waals surface area contributed by atoms with E-state index < -0.39 is 0 Å². The summed E-state index contributed by atoms with van der Waals surface area (Å²) < 4.78 is 4.69. The van der Waals surface area contributed by atoms with Gasteiger partial charge in [0.1, 0.15) is 5.75 Å². The van der Waals surface area contributed by atoms with Crippen LogP contribution < -0.4 is 0 Å². The van der Waals surface area contributed by atoms with Gasteiger partial charge in [0.25, 0.3) is 0 Å². The molecule has 2 rings (SSSR count). The minimum atomic E-state index is -0.260. The quantitative estimate of drug-likeness (QED) is 0.869. The van der Waals surface area contributed by atoms with Gasteiger partial charge in [0.15, 0.2) is 0 Å². The van der Waals surface area contributed by atoms with Gasteiger partial charge in [-0.3, -0.25) is 4.79 Å². The van der Waals surface area contributed by atoms with Crippen molar-refractivity contribution in [1.82, 2.24) is 0 Å². The minimum Gasteiger partial charge on any atom is -0.508 e. The van der Waals surface area contributed by atoms with E-state index in [1.165, 1.54) is 18.9 Å². The first-order chi connectivity index (χ1) is 9.19. The Balaban J connectivity index is 2.22. The lowest BCUT2D eigenvalue weighted by Gasteiger charge is -2.08. The molecular formula is C15H14O3S. The minimum absolute atomic E-state index is 0.232. The molecule has 2 aromatic carbocycles. The maximum atomic E-state index is 11.4. The maximum Gasteiger partial charge on any atom is 0.310 e. The summed E-state index contributed by atoms with van der Waals surface area (Å²) in [7, 11) is 1.38. The Labute approximate surface area is 116 Å². The van der Waals surface area contributed by atoms with Gasteiger partial charge in [-0.15, -0.1) is 0 Å². The number of methoxy groups -OCH3 is 1. The predicted molar refractivity (Wildman–Crippen MR) is 74.4 cm³/mol. The van der Waals surface area contributed by atoms with Crippen LogP contribution in [0.4, 0.5) is 0 Å². The fourth-order valence-electron chi connectivity index (χ4n) is 1.65. The first-order valence-electron chi connectivity index (χ1n) is 5.80. The Morgan fingerprint density at radius 2 is 2.00 bits per heavy atom. The van der Waals surface area contributed by atoms with E-state index in [-0.39, 0.29) is 18.1 Å². The molecule has 0 aliphatic heterocycles. The van der Waals surface area contributed by atoms with E-state index in [0.29, 0.717) is 0 Å². The third kappa shape index (κ3) is 3.76. The lowest BCUT2D eigenvalue weighted by molar-refractivity contribution is -0.139. The molecular weight excluding hydrogens is 260 g/mol. The van der Waals surface area contributed by atoms with Crippen LogP contribution in [0.15, 0.2) is 58.3 Å². The van der Waals surface area contributed by atoms with Crippen molar-refractivity contribution >= 4 is 17.7 Å². The number of carbonyl (C=O) groups excluding carboxylic acids is 1. The van der Waals surface area contributed by atoms with E-state index in [4.69, 9.17) is 4.74 Å². The van der Waals surface area contributed by atoms with Crippen molar-refractivity contribution < 1.29 is 14.6 Å². The molecule has 2 aromatic rings. The third-order valence-corrected chi connectivity index (χ3v) is 3.69. The molecule has 0 unspecified atom stereocenters. The summed E-state index contributed by atoms with van der Waals surface area (Å²) in [6.07, 6.45) is 0.249. The van der Waals surface area contributed by atoms with Crippen molar-refractivity contribution in [3.63, 3.8) is 0 Å². The smallest absolute Gasteiger partial charge is 0.310 e. The monoisotopic (exact) mass is 274 g/mol. The van der Waals surface area contributed by atoms with E-state index >= 15 is 0 Å². The molecule has 0 saturated carbocycles. The summed E-state index contributed by atoms with van der Waals surface area (Å²) in [5.74, 6) is -0.0283. The van der Waals surface area contributed by atoms with E-state index in [1.807, 2.05) is 30.3 Å². The highest BCUT2D eigenvalue weighted by molar-refractivity contribution is 7.99. The Kier molecular flexibility index (Phi) is 4.47. The third-order valence-electron chi connectivity index (χ3n) is 2.58. The van der Waals surface area contributed by atoms with Gasteiger partial charge in [0.05, 0.1) is 13.5 Å². The fourth-order valence-corrected chi connectivity index (χ4v) is 2.65. The van der Waals surface area contributed by atoms with Gasteiger partial charge in [0, 0.05) is 9.79 Å². The molecule has 0 amide bonds. The molecule has 0 aliphatic carbocycles. The van der Waals surface area contributed by atoms with Crippen molar-refractivity contribution in [2.75, 3.05) is 7.11 Å². The molecule has 0 atom stereocenters. The predicted octanol–water partition coefficient (Wildman–Crippen LogP) is 3.26. The van der Waals surface area contributed by atoms with Gasteiger partial charge in [-0.2, -0.15) is 0 Å². The molecule has 0 aliphatic rings. The number of hydrogen-bond acceptors (Lipinski definition) is 4. The number of esters is 1. The molecule has 0 fully saturated rings. The number of benzene rings is 2. The van der Waals surface area contributed by atoms with Crippen LogP contribution in [0.5, 0.6) is 5.75 Å². The van der Waals surface area contributed by atoms with E-state index in [1.54, 1.807) is 18.2 Å². The van der Waals surface area contributed by atoms with E-state index in [0.717, 1.165) is 15.4 Å². The second-order valence-corrected chi connectivity index (χ2v) is 5.08. The van der Waals surface area contributed by atoms with Gasteiger partial charge in [-0.1, -0.05) is 36.0 Å². The van der Waals surface area contributed by atoms with Crippen LogP contribution in [0.3, 0.4) is 0 Å². The van der Waals surface area contributed by atoms with Crippen molar-refractivity contribution in [1.29, 1.82) is 0 Å². The SMILES string of the molecule is COC(=O)Cc1ccccc1Sc1cccc(O)c1. The fraction of sp³-hybridized carbons (Fsp3) is 0.133. The average Bonchev–Trinajstić information content (AvgIpc) is 2.41. The van der Waals surface area contributed by atoms with E-state index in [9.17, 15) is 9.90 Å². The van der Waals surface area contributed by atoms with Crippen LogP contribution in [-0.2, 0) is 16.0 Å². The van der Waals surface area contributed by atoms with Crippen LogP contribution in [0.25, 0.3) is 0 Å². The first-order valence-corrected chi connectivity index (χ1v) is 6.62. The molecule has 19 heavy (non-hydrogen) atoms. The van der Waals surface area contributed by atoms with Crippen LogP contribution >= 0.6 is 11.8 Å². The molecule has 1 N–H and O–H groups in total. The van der Waals surface area contributed by atoms with Crippen LogP contribution in [-0.4, -0.2) is 18.2 Å². The number of phenols is 1. The van der Waals surface area contributed by atoms with Crippen molar-refractivity contribution in [3.8, 4) is 5.75 Å². The van der Waals surface area contributed by atoms with Crippen LogP contribution in [0.2, 0.25) is 0 Å². The summed E-state index contributed by atoms with van der Waals surface area (Å²) in [4.78, 5) is 13.3. The van der Waals surface area contributed by atoms with Gasteiger partial charge < -0.3 is 9.84 Å². The molecule has 98 valence electrons. The zero-order valence-corrected chi connectivity index (χ0v) is 11.3. The molecule has 0 spiro atoms. The van der Waals surface area contributed by atoms with Crippen LogP contribution in [0.1, 0.15) is 5.56 Å². The highest BCUT2D eigenvalue weighted by Crippen LogP contribution is 2.32. The van der Waals surface area contributed by atoms with Crippen LogP contribution in [0, 0.1) is 0 Å². The first kappa shape index (κ1) is 13.5. The van der Waals surface area contributed by atoms with Gasteiger partial charge in [-0.05, 0) is 29.8 Å². The lowest BCUT2D eigenvalue weighted by atomic mass is 10.1. The number of phenolic OH excluding ortho intramolecular Hbond substituents is 1. The topological polar surface area (TPSA) is 46.5 Å². The molecule has 0 bridgehead atoms. The molecule has 3 nitrogen and oxygen atoms in total. The Morgan fingerprint density at radius 3 is 2.74 bits per heavy atom. The summed E-state index contributed by atoms with van der Waals surface area (Å²) in [6, 6.07) is 14.7.